The molecule has 0 radical (unpaired) electrons. The van der Waals surface area contributed by atoms with Crippen LogP contribution in [-0.4, -0.2) is 41.2 Å². The highest BCUT2D eigenvalue weighted by Crippen LogP contribution is 2.25. The second kappa shape index (κ2) is 8.67. The van der Waals surface area contributed by atoms with Crippen molar-refractivity contribution in [3.8, 4) is 0 Å². The lowest BCUT2D eigenvalue weighted by atomic mass is 10.1. The van der Waals surface area contributed by atoms with Gasteiger partial charge >= 0.3 is 5.97 Å². The summed E-state index contributed by atoms with van der Waals surface area (Å²) in [7, 11) is 0. The molecule has 8 heteroatoms. The molecule has 1 aliphatic heterocycles. The van der Waals surface area contributed by atoms with Crippen LogP contribution < -0.4 is 5.32 Å². The number of carbonyl (C=O) groups excluding carboxylic acids is 4. The van der Waals surface area contributed by atoms with Gasteiger partial charge in [0.2, 0.25) is 0 Å². The number of amides is 3. The first-order valence-corrected chi connectivity index (χ1v) is 9.83. The number of imide groups is 1. The van der Waals surface area contributed by atoms with Crippen molar-refractivity contribution >= 4 is 41.0 Å². The molecule has 0 aromatic heterocycles. The van der Waals surface area contributed by atoms with E-state index in [1.54, 1.807) is 24.3 Å². The Balaban J connectivity index is 1.70. The van der Waals surface area contributed by atoms with Gasteiger partial charge in [-0.1, -0.05) is 37.6 Å². The lowest BCUT2D eigenvalue weighted by Crippen LogP contribution is -2.33. The second-order valence-electron chi connectivity index (χ2n) is 7.39. The quantitative estimate of drug-likeness (QED) is 0.558. The molecular weight excluding hydrogens is 408 g/mol. The summed E-state index contributed by atoms with van der Waals surface area (Å²) in [5.74, 6) is -2.03. The lowest BCUT2D eigenvalue weighted by molar-refractivity contribution is -0.123. The number of nitrogens with zero attached hydrogens (tertiary/aromatic N) is 1. The highest BCUT2D eigenvalue weighted by molar-refractivity contribution is 6.33. The SMILES string of the molecule is CC(C)CN1C(=O)c2ccc(C(=O)OC(C)C(=O)Nc3ccccc3Cl)cc2C1=O. The van der Waals surface area contributed by atoms with Crippen LogP contribution in [0.1, 0.15) is 51.8 Å². The summed E-state index contributed by atoms with van der Waals surface area (Å²) in [5.41, 5.74) is 0.891. The van der Waals surface area contributed by atoms with Gasteiger partial charge in [-0.15, -0.1) is 0 Å². The topological polar surface area (TPSA) is 92.8 Å². The van der Waals surface area contributed by atoms with Crippen molar-refractivity contribution in [2.45, 2.75) is 26.9 Å². The van der Waals surface area contributed by atoms with Crippen LogP contribution in [0.4, 0.5) is 5.69 Å². The smallest absolute Gasteiger partial charge is 0.338 e. The monoisotopic (exact) mass is 428 g/mol. The molecule has 0 spiro atoms. The number of esters is 1. The van der Waals surface area contributed by atoms with Crippen LogP contribution in [0.2, 0.25) is 5.02 Å². The number of hydrogen-bond acceptors (Lipinski definition) is 5. The van der Waals surface area contributed by atoms with Gasteiger partial charge in [-0.05, 0) is 43.2 Å². The van der Waals surface area contributed by atoms with Crippen molar-refractivity contribution in [3.05, 3.63) is 64.2 Å². The molecule has 0 aliphatic carbocycles. The summed E-state index contributed by atoms with van der Waals surface area (Å²) in [6.07, 6.45) is -1.10. The number of fused-ring (bicyclic) bond motifs is 1. The van der Waals surface area contributed by atoms with Crippen molar-refractivity contribution in [3.63, 3.8) is 0 Å². The maximum absolute atomic E-state index is 12.6. The minimum Gasteiger partial charge on any atom is -0.449 e. The molecule has 1 unspecified atom stereocenters. The highest BCUT2D eigenvalue weighted by atomic mass is 35.5. The molecule has 3 amide bonds. The Bertz CT molecular complexity index is 1030. The molecule has 1 aliphatic rings. The molecule has 0 fully saturated rings. The lowest BCUT2D eigenvalue weighted by Gasteiger charge is -2.15. The van der Waals surface area contributed by atoms with Gasteiger partial charge in [0, 0.05) is 6.54 Å². The largest absolute Gasteiger partial charge is 0.449 e. The van der Waals surface area contributed by atoms with Crippen molar-refractivity contribution in [1.29, 1.82) is 0 Å². The predicted octanol–water partition coefficient (Wildman–Crippen LogP) is 3.78. The Labute approximate surface area is 179 Å². The van der Waals surface area contributed by atoms with Gasteiger partial charge in [0.05, 0.1) is 27.4 Å². The number of anilines is 1. The van der Waals surface area contributed by atoms with Gasteiger partial charge in [-0.2, -0.15) is 0 Å². The van der Waals surface area contributed by atoms with Gasteiger partial charge in [0.15, 0.2) is 6.10 Å². The number of nitrogens with one attached hydrogen (secondary N) is 1. The molecule has 1 N–H and O–H groups in total. The Morgan fingerprint density at radius 3 is 2.37 bits per heavy atom. The van der Waals surface area contributed by atoms with Gasteiger partial charge in [-0.3, -0.25) is 19.3 Å². The highest BCUT2D eigenvalue weighted by Gasteiger charge is 2.36. The Kier molecular flexibility index (Phi) is 6.22. The Hall–Kier alpha value is -3.19. The number of benzene rings is 2. The first-order valence-electron chi connectivity index (χ1n) is 9.45. The summed E-state index contributed by atoms with van der Waals surface area (Å²) in [5, 5.41) is 2.95. The molecule has 0 saturated carbocycles. The van der Waals surface area contributed by atoms with Gasteiger partial charge < -0.3 is 10.1 Å². The average Bonchev–Trinajstić information content (AvgIpc) is 2.93. The van der Waals surface area contributed by atoms with Crippen molar-refractivity contribution in [2.24, 2.45) is 5.92 Å². The number of para-hydroxylation sites is 1. The summed E-state index contributed by atoms with van der Waals surface area (Å²) >= 11 is 6.01. The second-order valence-corrected chi connectivity index (χ2v) is 7.80. The van der Waals surface area contributed by atoms with Gasteiger partial charge in [0.25, 0.3) is 17.7 Å². The first kappa shape index (κ1) is 21.5. The number of ether oxygens (including phenoxy) is 1. The Morgan fingerprint density at radius 1 is 1.03 bits per heavy atom. The number of carbonyl (C=O) groups is 4. The zero-order chi connectivity index (χ0) is 22.0. The molecule has 1 atom stereocenters. The van der Waals surface area contributed by atoms with Crippen molar-refractivity contribution in [2.75, 3.05) is 11.9 Å². The maximum atomic E-state index is 12.6. The van der Waals surface area contributed by atoms with Crippen LogP contribution in [0.3, 0.4) is 0 Å². The standard InChI is InChI=1S/C22H21ClN2O5/c1-12(2)11-25-20(27)15-9-8-14(10-16(15)21(25)28)22(29)30-13(3)19(26)24-18-7-5-4-6-17(18)23/h4-10,12-13H,11H2,1-3H3,(H,24,26). The molecule has 2 aromatic rings. The fraction of sp³-hybridized carbons (Fsp3) is 0.273. The molecule has 2 aromatic carbocycles. The van der Waals surface area contributed by atoms with E-state index in [1.165, 1.54) is 30.0 Å². The first-order chi connectivity index (χ1) is 14.2. The summed E-state index contributed by atoms with van der Waals surface area (Å²) in [4.78, 5) is 50.9. The molecule has 1 heterocycles. The van der Waals surface area contributed by atoms with E-state index < -0.39 is 23.9 Å². The van der Waals surface area contributed by atoms with E-state index in [0.717, 1.165) is 0 Å². The minimum atomic E-state index is -1.10. The molecular formula is C22H21ClN2O5. The van der Waals surface area contributed by atoms with Crippen molar-refractivity contribution < 1.29 is 23.9 Å². The zero-order valence-electron chi connectivity index (χ0n) is 16.8. The van der Waals surface area contributed by atoms with Crippen LogP contribution in [-0.2, 0) is 9.53 Å². The number of halogens is 1. The molecule has 3 rings (SSSR count). The van der Waals surface area contributed by atoms with E-state index in [-0.39, 0.29) is 28.5 Å². The summed E-state index contributed by atoms with van der Waals surface area (Å²) in [6.45, 7) is 5.53. The average molecular weight is 429 g/mol. The Morgan fingerprint density at radius 2 is 1.70 bits per heavy atom. The van der Waals surface area contributed by atoms with Crippen molar-refractivity contribution in [1.82, 2.24) is 4.90 Å². The zero-order valence-corrected chi connectivity index (χ0v) is 17.5. The molecule has 0 saturated heterocycles. The third kappa shape index (κ3) is 4.36. The summed E-state index contributed by atoms with van der Waals surface area (Å²) in [6, 6.07) is 10.9. The van der Waals surface area contributed by atoms with E-state index in [4.69, 9.17) is 16.3 Å². The van der Waals surface area contributed by atoms with E-state index in [1.807, 2.05) is 13.8 Å². The van der Waals surface area contributed by atoms with Crippen LogP contribution >= 0.6 is 11.6 Å². The third-order valence-electron chi connectivity index (χ3n) is 4.54. The molecule has 156 valence electrons. The third-order valence-corrected chi connectivity index (χ3v) is 4.87. The summed E-state index contributed by atoms with van der Waals surface area (Å²) < 4.78 is 5.22. The minimum absolute atomic E-state index is 0.0821. The normalized spacial score (nSPS) is 14.0. The van der Waals surface area contributed by atoms with Crippen LogP contribution in [0, 0.1) is 5.92 Å². The fourth-order valence-corrected chi connectivity index (χ4v) is 3.21. The maximum Gasteiger partial charge on any atom is 0.338 e. The molecule has 0 bridgehead atoms. The van der Waals surface area contributed by atoms with E-state index in [2.05, 4.69) is 5.32 Å². The van der Waals surface area contributed by atoms with Crippen LogP contribution in [0.5, 0.6) is 0 Å². The van der Waals surface area contributed by atoms with E-state index in [9.17, 15) is 19.2 Å². The molecule has 30 heavy (non-hydrogen) atoms. The number of hydrogen-bond donors (Lipinski definition) is 1. The van der Waals surface area contributed by atoms with Crippen LogP contribution in [0.15, 0.2) is 42.5 Å². The predicted molar refractivity (Wildman–Crippen MR) is 112 cm³/mol. The van der Waals surface area contributed by atoms with Gasteiger partial charge in [0.1, 0.15) is 0 Å². The fourth-order valence-electron chi connectivity index (χ4n) is 3.03. The molecule has 7 nitrogen and oxygen atoms in total. The van der Waals surface area contributed by atoms with E-state index in [0.29, 0.717) is 17.3 Å². The van der Waals surface area contributed by atoms with E-state index >= 15 is 0 Å². The van der Waals surface area contributed by atoms with Crippen LogP contribution in [0.25, 0.3) is 0 Å². The number of rotatable bonds is 6. The van der Waals surface area contributed by atoms with Gasteiger partial charge in [-0.25, -0.2) is 4.79 Å².